The Kier molecular flexibility index (Phi) is 5.46. The van der Waals surface area contributed by atoms with Gasteiger partial charge in [0.1, 0.15) is 5.69 Å². The van der Waals surface area contributed by atoms with E-state index in [4.69, 9.17) is 4.74 Å². The number of nitrogens with one attached hydrogen (secondary N) is 2. The number of rotatable bonds is 7. The van der Waals surface area contributed by atoms with Crippen molar-refractivity contribution < 1.29 is 9.53 Å². The zero-order chi connectivity index (χ0) is 14.2. The number of amides is 1. The lowest BCUT2D eigenvalue weighted by Crippen LogP contribution is -2.33. The van der Waals surface area contributed by atoms with Crippen molar-refractivity contribution in [1.29, 1.82) is 0 Å². The van der Waals surface area contributed by atoms with E-state index in [2.05, 4.69) is 15.6 Å². The number of carbonyl (C=O) groups is 1. The summed E-state index contributed by atoms with van der Waals surface area (Å²) in [6.07, 6.45) is 1.66. The molecule has 1 amide bonds. The van der Waals surface area contributed by atoms with Crippen molar-refractivity contribution >= 4 is 16.7 Å². The second-order valence-corrected chi connectivity index (χ2v) is 4.38. The molecule has 2 rings (SSSR count). The fourth-order valence-corrected chi connectivity index (χ4v) is 1.95. The molecule has 5 heteroatoms. The smallest absolute Gasteiger partial charge is 0.270 e. The van der Waals surface area contributed by atoms with Gasteiger partial charge in [0, 0.05) is 38.3 Å². The van der Waals surface area contributed by atoms with Crippen molar-refractivity contribution in [2.24, 2.45) is 0 Å². The number of pyridine rings is 1. The van der Waals surface area contributed by atoms with Gasteiger partial charge in [-0.25, -0.2) is 0 Å². The Morgan fingerprint density at radius 1 is 1.20 bits per heavy atom. The molecule has 0 bridgehead atoms. The minimum atomic E-state index is -0.143. The van der Waals surface area contributed by atoms with Crippen LogP contribution in [0.15, 0.2) is 36.5 Å². The van der Waals surface area contributed by atoms with Crippen LogP contribution in [0.25, 0.3) is 10.8 Å². The predicted molar refractivity (Wildman–Crippen MR) is 78.8 cm³/mol. The van der Waals surface area contributed by atoms with Gasteiger partial charge in [-0.3, -0.25) is 9.78 Å². The van der Waals surface area contributed by atoms with Crippen molar-refractivity contribution in [2.75, 3.05) is 33.4 Å². The zero-order valence-electron chi connectivity index (χ0n) is 11.6. The first kappa shape index (κ1) is 14.4. The largest absolute Gasteiger partial charge is 0.383 e. The van der Waals surface area contributed by atoms with E-state index in [9.17, 15) is 4.79 Å². The van der Waals surface area contributed by atoms with E-state index in [1.54, 1.807) is 13.3 Å². The Morgan fingerprint density at radius 3 is 2.90 bits per heavy atom. The van der Waals surface area contributed by atoms with Crippen molar-refractivity contribution in [3.05, 3.63) is 42.2 Å². The minimum absolute atomic E-state index is 0.143. The summed E-state index contributed by atoms with van der Waals surface area (Å²) in [5.41, 5.74) is 0.472. The summed E-state index contributed by atoms with van der Waals surface area (Å²) in [5, 5.41) is 7.93. The second-order valence-electron chi connectivity index (χ2n) is 4.38. The van der Waals surface area contributed by atoms with Crippen LogP contribution in [-0.4, -0.2) is 44.2 Å². The molecule has 0 saturated carbocycles. The standard InChI is InChI=1S/C15H19N3O2/c1-20-11-10-16-8-9-18-15(19)14-13-5-3-2-4-12(13)6-7-17-14/h2-7,16H,8-11H2,1H3,(H,18,19). The van der Waals surface area contributed by atoms with Crippen molar-refractivity contribution in [1.82, 2.24) is 15.6 Å². The molecule has 2 aromatic rings. The van der Waals surface area contributed by atoms with Gasteiger partial charge < -0.3 is 15.4 Å². The van der Waals surface area contributed by atoms with Gasteiger partial charge in [0.25, 0.3) is 5.91 Å². The van der Waals surface area contributed by atoms with Gasteiger partial charge in [0.05, 0.1) is 6.61 Å². The number of methoxy groups -OCH3 is 1. The van der Waals surface area contributed by atoms with Crippen LogP contribution in [0.2, 0.25) is 0 Å². The third kappa shape index (κ3) is 3.76. The highest BCUT2D eigenvalue weighted by Gasteiger charge is 2.10. The van der Waals surface area contributed by atoms with E-state index in [-0.39, 0.29) is 5.91 Å². The molecule has 0 spiro atoms. The summed E-state index contributed by atoms with van der Waals surface area (Å²) in [4.78, 5) is 16.3. The highest BCUT2D eigenvalue weighted by atomic mass is 16.5. The number of benzene rings is 1. The lowest BCUT2D eigenvalue weighted by atomic mass is 10.1. The predicted octanol–water partition coefficient (Wildman–Crippen LogP) is 1.20. The van der Waals surface area contributed by atoms with Crippen LogP contribution >= 0.6 is 0 Å². The van der Waals surface area contributed by atoms with Crippen LogP contribution in [0.5, 0.6) is 0 Å². The van der Waals surface area contributed by atoms with Crippen molar-refractivity contribution in [2.45, 2.75) is 0 Å². The highest BCUT2D eigenvalue weighted by molar-refractivity contribution is 6.05. The molecule has 1 heterocycles. The lowest BCUT2D eigenvalue weighted by Gasteiger charge is -2.08. The first-order valence-corrected chi connectivity index (χ1v) is 6.64. The van der Waals surface area contributed by atoms with Crippen LogP contribution in [0.4, 0.5) is 0 Å². The average molecular weight is 273 g/mol. The van der Waals surface area contributed by atoms with Crippen LogP contribution in [0.1, 0.15) is 10.5 Å². The molecular weight excluding hydrogens is 254 g/mol. The highest BCUT2D eigenvalue weighted by Crippen LogP contribution is 2.15. The molecule has 1 aromatic heterocycles. The second kappa shape index (κ2) is 7.57. The Morgan fingerprint density at radius 2 is 2.05 bits per heavy atom. The third-order valence-corrected chi connectivity index (χ3v) is 2.96. The number of nitrogens with zero attached hydrogens (tertiary/aromatic N) is 1. The van der Waals surface area contributed by atoms with E-state index in [0.29, 0.717) is 25.4 Å². The summed E-state index contributed by atoms with van der Waals surface area (Å²) < 4.78 is 4.93. The van der Waals surface area contributed by atoms with Crippen LogP contribution in [0, 0.1) is 0 Å². The molecule has 0 aliphatic carbocycles. The van der Waals surface area contributed by atoms with Gasteiger partial charge in [-0.1, -0.05) is 24.3 Å². The summed E-state index contributed by atoms with van der Waals surface area (Å²) in [5.74, 6) is -0.143. The van der Waals surface area contributed by atoms with Gasteiger partial charge in [0.2, 0.25) is 0 Å². The van der Waals surface area contributed by atoms with Gasteiger partial charge in [-0.05, 0) is 11.5 Å². The van der Waals surface area contributed by atoms with Gasteiger partial charge >= 0.3 is 0 Å². The molecule has 0 aliphatic heterocycles. The summed E-state index contributed by atoms with van der Waals surface area (Å²) in [6.45, 7) is 2.71. The van der Waals surface area contributed by atoms with E-state index < -0.39 is 0 Å². The van der Waals surface area contributed by atoms with E-state index >= 15 is 0 Å². The lowest BCUT2D eigenvalue weighted by molar-refractivity contribution is 0.0950. The molecule has 0 saturated heterocycles. The number of hydrogen-bond donors (Lipinski definition) is 2. The van der Waals surface area contributed by atoms with E-state index in [0.717, 1.165) is 17.3 Å². The molecule has 0 unspecified atom stereocenters. The van der Waals surface area contributed by atoms with Crippen LogP contribution < -0.4 is 10.6 Å². The Labute approximate surface area is 118 Å². The summed E-state index contributed by atoms with van der Waals surface area (Å²) >= 11 is 0. The fourth-order valence-electron chi connectivity index (χ4n) is 1.95. The molecular formula is C15H19N3O2. The van der Waals surface area contributed by atoms with E-state index in [1.807, 2.05) is 30.3 Å². The third-order valence-electron chi connectivity index (χ3n) is 2.96. The molecule has 0 atom stereocenters. The maximum atomic E-state index is 12.1. The maximum Gasteiger partial charge on any atom is 0.270 e. The van der Waals surface area contributed by atoms with E-state index in [1.165, 1.54) is 0 Å². The molecule has 0 aliphatic rings. The van der Waals surface area contributed by atoms with Gasteiger partial charge in [-0.2, -0.15) is 0 Å². The normalized spacial score (nSPS) is 10.7. The average Bonchev–Trinajstić information content (AvgIpc) is 2.50. The molecule has 0 radical (unpaired) electrons. The Bertz CT molecular complexity index is 567. The fraction of sp³-hybridized carbons (Fsp3) is 0.333. The first-order valence-electron chi connectivity index (χ1n) is 6.64. The molecule has 2 N–H and O–H groups in total. The monoisotopic (exact) mass is 273 g/mol. The quantitative estimate of drug-likeness (QED) is 0.744. The SMILES string of the molecule is COCCNCCNC(=O)c1nccc2ccccc12. The minimum Gasteiger partial charge on any atom is -0.383 e. The summed E-state index contributed by atoms with van der Waals surface area (Å²) in [6, 6.07) is 9.64. The number of hydrogen-bond acceptors (Lipinski definition) is 4. The number of fused-ring (bicyclic) bond motifs is 1. The van der Waals surface area contributed by atoms with Crippen molar-refractivity contribution in [3.8, 4) is 0 Å². The number of carbonyl (C=O) groups excluding carboxylic acids is 1. The molecule has 0 fully saturated rings. The topological polar surface area (TPSA) is 63.2 Å². The Hall–Kier alpha value is -1.98. The maximum absolute atomic E-state index is 12.1. The zero-order valence-corrected chi connectivity index (χ0v) is 11.6. The molecule has 106 valence electrons. The first-order chi connectivity index (χ1) is 9.83. The number of ether oxygens (including phenoxy) is 1. The molecule has 1 aromatic carbocycles. The molecule has 5 nitrogen and oxygen atoms in total. The van der Waals surface area contributed by atoms with Crippen LogP contribution in [0.3, 0.4) is 0 Å². The van der Waals surface area contributed by atoms with Gasteiger partial charge in [0.15, 0.2) is 0 Å². The van der Waals surface area contributed by atoms with Crippen LogP contribution in [-0.2, 0) is 4.74 Å². The van der Waals surface area contributed by atoms with Crippen molar-refractivity contribution in [3.63, 3.8) is 0 Å². The van der Waals surface area contributed by atoms with Gasteiger partial charge in [-0.15, -0.1) is 0 Å². The summed E-state index contributed by atoms with van der Waals surface area (Å²) in [7, 11) is 1.66. The Balaban J connectivity index is 1.91. The number of aromatic nitrogens is 1. The molecule has 20 heavy (non-hydrogen) atoms.